The monoisotopic (exact) mass is 757 g/mol. The molecule has 6 rings (SSSR count). The number of aromatic amines is 2. The number of morpholine rings is 1. The van der Waals surface area contributed by atoms with Crippen LogP contribution in [0.5, 0.6) is 5.75 Å². The van der Waals surface area contributed by atoms with Gasteiger partial charge in [0, 0.05) is 54.3 Å². The minimum absolute atomic E-state index is 0.235. The molecule has 0 bridgehead atoms. The molecule has 3 heterocycles. The van der Waals surface area contributed by atoms with Gasteiger partial charge in [0.2, 0.25) is 0 Å². The smallest absolute Gasteiger partial charge is 0.410 e. The van der Waals surface area contributed by atoms with Crippen molar-refractivity contribution in [3.63, 3.8) is 0 Å². The van der Waals surface area contributed by atoms with Crippen LogP contribution in [0.25, 0.3) is 32.8 Å². The summed E-state index contributed by atoms with van der Waals surface area (Å²) in [4.78, 5) is 34.6. The number of nitrogens with one attached hydrogen (secondary N) is 2. The number of halogens is 1. The number of carbonyl (C=O) groups is 2. The van der Waals surface area contributed by atoms with Crippen LogP contribution in [0.1, 0.15) is 80.9 Å². The lowest BCUT2D eigenvalue weighted by atomic mass is 9.93. The van der Waals surface area contributed by atoms with E-state index in [1.165, 1.54) is 0 Å². The summed E-state index contributed by atoms with van der Waals surface area (Å²) in [7, 11) is 1.76. The van der Waals surface area contributed by atoms with Gasteiger partial charge < -0.3 is 28.8 Å². The molecule has 288 valence electrons. The van der Waals surface area contributed by atoms with Crippen molar-refractivity contribution < 1.29 is 28.5 Å². The molecule has 5 aromatic rings. The van der Waals surface area contributed by atoms with Crippen LogP contribution in [0.4, 0.5) is 4.79 Å². The molecule has 11 nitrogen and oxygen atoms in total. The molecule has 1 aliphatic heterocycles. The minimum Gasteiger partial charge on any atom is -0.493 e. The highest BCUT2D eigenvalue weighted by Gasteiger charge is 2.33. The third-order valence-electron chi connectivity index (χ3n) is 9.85. The Morgan fingerprint density at radius 3 is 2.52 bits per heavy atom. The van der Waals surface area contributed by atoms with Crippen molar-refractivity contribution in [3.8, 4) is 16.9 Å². The first kappa shape index (κ1) is 39.1. The second-order valence-electron chi connectivity index (χ2n) is 14.6. The molecule has 0 spiro atoms. The van der Waals surface area contributed by atoms with Crippen molar-refractivity contribution in [1.29, 1.82) is 0 Å². The van der Waals surface area contributed by atoms with Crippen LogP contribution < -0.4 is 4.74 Å². The summed E-state index contributed by atoms with van der Waals surface area (Å²) in [5.74, 6) is 0.391. The van der Waals surface area contributed by atoms with Crippen molar-refractivity contribution >= 4 is 45.3 Å². The highest BCUT2D eigenvalue weighted by molar-refractivity contribution is 6.35. The van der Waals surface area contributed by atoms with Gasteiger partial charge in [-0.15, -0.1) is 0 Å². The minimum atomic E-state index is -0.679. The van der Waals surface area contributed by atoms with Gasteiger partial charge in [0.15, 0.2) is 0 Å². The average molecular weight is 758 g/mol. The number of esters is 1. The zero-order valence-corrected chi connectivity index (χ0v) is 33.0. The number of carbonyl (C=O) groups excluding carboxylic acids is 2. The quantitative estimate of drug-likeness (QED) is 0.0852. The molecule has 1 fully saturated rings. The Hall–Kier alpha value is -4.58. The first-order chi connectivity index (χ1) is 26.0. The average Bonchev–Trinajstić information content (AvgIpc) is 3.74. The number of nitrogens with zero attached hydrogens (tertiary/aromatic N) is 3. The van der Waals surface area contributed by atoms with Crippen molar-refractivity contribution in [2.75, 3.05) is 53.1 Å². The van der Waals surface area contributed by atoms with Crippen LogP contribution in [-0.2, 0) is 27.1 Å². The van der Waals surface area contributed by atoms with E-state index < -0.39 is 23.7 Å². The fourth-order valence-electron chi connectivity index (χ4n) is 7.20. The number of aromatic nitrogens is 3. The van der Waals surface area contributed by atoms with Gasteiger partial charge >= 0.3 is 12.1 Å². The number of benzene rings is 3. The van der Waals surface area contributed by atoms with Crippen LogP contribution in [0, 0.1) is 0 Å². The van der Waals surface area contributed by atoms with Crippen LogP contribution in [0.15, 0.2) is 54.6 Å². The maximum atomic E-state index is 13.6. The number of hydrogen-bond donors (Lipinski definition) is 2. The van der Waals surface area contributed by atoms with Gasteiger partial charge in [0.25, 0.3) is 0 Å². The molecule has 0 aliphatic carbocycles. The number of rotatable bonds is 14. The number of fused-ring (bicyclic) bond motifs is 2. The lowest BCUT2D eigenvalue weighted by Gasteiger charge is -2.33. The molecule has 1 saturated heterocycles. The predicted octanol–water partition coefficient (Wildman–Crippen LogP) is 8.75. The Balaban J connectivity index is 1.39. The maximum absolute atomic E-state index is 13.6. The van der Waals surface area contributed by atoms with E-state index in [9.17, 15) is 9.59 Å². The molecule has 0 radical (unpaired) electrons. The summed E-state index contributed by atoms with van der Waals surface area (Å²) in [6, 6.07) is 17.6. The van der Waals surface area contributed by atoms with E-state index in [1.54, 1.807) is 18.9 Å². The van der Waals surface area contributed by atoms with E-state index in [1.807, 2.05) is 57.2 Å². The fraction of sp³-hybridized carbons (Fsp3) is 0.452. The first-order valence-corrected chi connectivity index (χ1v) is 19.3. The standard InChI is InChI=1S/C42H52ClN5O6/c1-7-32-36(39(46-45-32)33(20-21-48-22-25-51-26-23-48)47(6)41(50)54-42(3,4)5)35-31(43)19-18-30-29(38(44-37(30)35)40(49)52-8-2)16-12-24-53-34-17-11-14-27-13-9-10-15-28(27)34/h9-11,13-15,17-19,33,44H,7-8,12,16,20-26H2,1-6H3,(H,45,46). The van der Waals surface area contributed by atoms with Crippen molar-refractivity contribution in [2.45, 2.75) is 71.9 Å². The fourth-order valence-corrected chi connectivity index (χ4v) is 7.45. The van der Waals surface area contributed by atoms with Gasteiger partial charge in [-0.2, -0.15) is 5.10 Å². The summed E-state index contributed by atoms with van der Waals surface area (Å²) in [5.41, 5.74) is 4.32. The Morgan fingerprint density at radius 1 is 1.02 bits per heavy atom. The van der Waals surface area contributed by atoms with Gasteiger partial charge in [-0.25, -0.2) is 9.59 Å². The van der Waals surface area contributed by atoms with Crippen LogP contribution in [0.3, 0.4) is 0 Å². The second-order valence-corrected chi connectivity index (χ2v) is 15.0. The van der Waals surface area contributed by atoms with Gasteiger partial charge in [0.05, 0.1) is 48.7 Å². The van der Waals surface area contributed by atoms with E-state index in [4.69, 9.17) is 35.6 Å². The highest BCUT2D eigenvalue weighted by atomic mass is 35.5. The van der Waals surface area contributed by atoms with E-state index in [0.29, 0.717) is 73.0 Å². The second kappa shape index (κ2) is 17.3. The SMILES string of the molecule is CCOC(=O)c1[nH]c2c(-c3c(C(CCN4CCOCC4)N(C)C(=O)OC(C)(C)C)n[nH]c3CC)c(Cl)ccc2c1CCCOc1cccc2ccccc12. The molecular formula is C42H52ClN5O6. The Kier molecular flexibility index (Phi) is 12.5. The molecule has 54 heavy (non-hydrogen) atoms. The molecule has 1 aliphatic rings. The molecule has 2 aromatic heterocycles. The van der Waals surface area contributed by atoms with E-state index >= 15 is 0 Å². The third kappa shape index (κ3) is 8.69. The molecular weight excluding hydrogens is 706 g/mol. The molecule has 3 aromatic carbocycles. The van der Waals surface area contributed by atoms with Crippen molar-refractivity contribution in [3.05, 3.63) is 82.3 Å². The summed E-state index contributed by atoms with van der Waals surface area (Å²) < 4.78 is 23.3. The zero-order valence-electron chi connectivity index (χ0n) is 32.2. The summed E-state index contributed by atoms with van der Waals surface area (Å²) in [6.45, 7) is 13.8. The zero-order chi connectivity index (χ0) is 38.4. The summed E-state index contributed by atoms with van der Waals surface area (Å²) in [6.07, 6.45) is 2.00. The highest BCUT2D eigenvalue weighted by Crippen LogP contribution is 2.43. The van der Waals surface area contributed by atoms with E-state index in [2.05, 4.69) is 40.1 Å². The molecule has 1 unspecified atom stereocenters. The molecule has 1 atom stereocenters. The molecule has 1 amide bonds. The lowest BCUT2D eigenvalue weighted by molar-refractivity contribution is 0.0149. The van der Waals surface area contributed by atoms with Gasteiger partial charge in [-0.3, -0.25) is 10.00 Å². The Labute approximate surface area is 322 Å². The maximum Gasteiger partial charge on any atom is 0.410 e. The lowest BCUT2D eigenvalue weighted by Crippen LogP contribution is -2.41. The number of H-pyrrole nitrogens is 2. The van der Waals surface area contributed by atoms with E-state index in [-0.39, 0.29) is 6.61 Å². The number of ether oxygens (including phenoxy) is 4. The van der Waals surface area contributed by atoms with Crippen LogP contribution in [0.2, 0.25) is 5.02 Å². The summed E-state index contributed by atoms with van der Waals surface area (Å²) in [5, 5.41) is 11.7. The van der Waals surface area contributed by atoms with Crippen molar-refractivity contribution in [1.82, 2.24) is 25.0 Å². The van der Waals surface area contributed by atoms with Crippen LogP contribution in [-0.4, -0.2) is 95.8 Å². The topological polar surface area (TPSA) is 122 Å². The third-order valence-corrected chi connectivity index (χ3v) is 10.2. The Bertz CT molecular complexity index is 2070. The number of aryl methyl sites for hydroxylation is 2. The molecule has 2 N–H and O–H groups in total. The normalized spacial score (nSPS) is 14.4. The number of hydrogen-bond acceptors (Lipinski definition) is 8. The van der Waals surface area contributed by atoms with Crippen LogP contribution >= 0.6 is 11.6 Å². The molecule has 12 heteroatoms. The first-order valence-electron chi connectivity index (χ1n) is 18.9. The Morgan fingerprint density at radius 2 is 1.78 bits per heavy atom. The predicted molar refractivity (Wildman–Crippen MR) is 213 cm³/mol. The number of amides is 1. The van der Waals surface area contributed by atoms with Crippen molar-refractivity contribution in [2.24, 2.45) is 0 Å². The van der Waals surface area contributed by atoms with Gasteiger partial charge in [-0.05, 0) is 76.5 Å². The largest absolute Gasteiger partial charge is 0.493 e. The molecule has 0 saturated carbocycles. The van der Waals surface area contributed by atoms with Gasteiger partial charge in [0.1, 0.15) is 17.0 Å². The van der Waals surface area contributed by atoms with Gasteiger partial charge in [-0.1, -0.05) is 61.0 Å². The summed E-state index contributed by atoms with van der Waals surface area (Å²) >= 11 is 7.15. The van der Waals surface area contributed by atoms with E-state index in [0.717, 1.165) is 58.4 Å².